The minimum atomic E-state index is 0. The topological polar surface area (TPSA) is 59.6 Å². The zero-order valence-electron chi connectivity index (χ0n) is 13.6. The highest BCUT2D eigenvalue weighted by atomic mass is 127. The minimum absolute atomic E-state index is 0. The third-order valence-corrected chi connectivity index (χ3v) is 3.19. The molecular formula is C17H30IN3O. The predicted molar refractivity (Wildman–Crippen MR) is 105 cm³/mol. The first-order valence-electron chi connectivity index (χ1n) is 7.98. The number of rotatable bonds is 11. The quantitative estimate of drug-likeness (QED) is 0.250. The third-order valence-electron chi connectivity index (χ3n) is 3.19. The summed E-state index contributed by atoms with van der Waals surface area (Å²) in [6.07, 6.45) is 5.32. The Balaban J connectivity index is 0.00000441. The number of hydrogen-bond donors (Lipinski definition) is 2. The normalized spacial score (nSPS) is 11.0. The molecule has 0 radical (unpaired) electrons. The lowest BCUT2D eigenvalue weighted by Crippen LogP contribution is -2.32. The maximum Gasteiger partial charge on any atom is 0.188 e. The molecule has 4 nitrogen and oxygen atoms in total. The van der Waals surface area contributed by atoms with Crippen LogP contribution in [0.2, 0.25) is 0 Å². The summed E-state index contributed by atoms with van der Waals surface area (Å²) in [5, 5.41) is 3.11. The zero-order chi connectivity index (χ0) is 15.2. The molecule has 0 unspecified atom stereocenters. The second-order valence-electron chi connectivity index (χ2n) is 5.10. The van der Waals surface area contributed by atoms with Crippen molar-refractivity contribution in [2.24, 2.45) is 10.7 Å². The lowest BCUT2D eigenvalue weighted by Gasteiger charge is -2.05. The summed E-state index contributed by atoms with van der Waals surface area (Å²) in [7, 11) is 0. The molecule has 0 atom stereocenters. The van der Waals surface area contributed by atoms with E-state index in [0.29, 0.717) is 5.96 Å². The number of ether oxygens (including phenoxy) is 1. The Kier molecular flexibility index (Phi) is 14.5. The summed E-state index contributed by atoms with van der Waals surface area (Å²) < 4.78 is 5.63. The van der Waals surface area contributed by atoms with Crippen LogP contribution in [0.1, 0.15) is 38.2 Å². The van der Waals surface area contributed by atoms with E-state index in [1.54, 1.807) is 0 Å². The van der Waals surface area contributed by atoms with Crippen LogP contribution in [0.25, 0.3) is 0 Å². The number of benzene rings is 1. The van der Waals surface area contributed by atoms with E-state index in [9.17, 15) is 0 Å². The average molecular weight is 419 g/mol. The van der Waals surface area contributed by atoms with Crippen molar-refractivity contribution >= 4 is 29.9 Å². The SMILES string of the molecule is CCCCNC(N)=NCCCCOCCc1ccccc1.I. The van der Waals surface area contributed by atoms with Crippen molar-refractivity contribution in [2.45, 2.75) is 39.0 Å². The molecule has 0 bridgehead atoms. The van der Waals surface area contributed by atoms with Gasteiger partial charge in [0, 0.05) is 19.7 Å². The van der Waals surface area contributed by atoms with Crippen LogP contribution in [-0.4, -0.2) is 32.3 Å². The highest BCUT2D eigenvalue weighted by Crippen LogP contribution is 2.00. The van der Waals surface area contributed by atoms with Crippen molar-refractivity contribution in [3.8, 4) is 0 Å². The van der Waals surface area contributed by atoms with Crippen LogP contribution in [0.5, 0.6) is 0 Å². The molecule has 5 heteroatoms. The number of hydrogen-bond acceptors (Lipinski definition) is 2. The fourth-order valence-electron chi connectivity index (χ4n) is 1.90. The van der Waals surface area contributed by atoms with Crippen molar-refractivity contribution < 1.29 is 4.74 Å². The van der Waals surface area contributed by atoms with Gasteiger partial charge in [-0.15, -0.1) is 24.0 Å². The maximum atomic E-state index is 5.75. The Morgan fingerprint density at radius 1 is 1.14 bits per heavy atom. The molecule has 0 heterocycles. The van der Waals surface area contributed by atoms with Gasteiger partial charge in [-0.3, -0.25) is 4.99 Å². The van der Waals surface area contributed by atoms with E-state index in [-0.39, 0.29) is 24.0 Å². The van der Waals surface area contributed by atoms with Gasteiger partial charge in [0.1, 0.15) is 0 Å². The number of nitrogens with one attached hydrogen (secondary N) is 1. The molecule has 126 valence electrons. The molecule has 0 saturated carbocycles. The van der Waals surface area contributed by atoms with Crippen molar-refractivity contribution in [1.29, 1.82) is 0 Å². The summed E-state index contributed by atoms with van der Waals surface area (Å²) in [6, 6.07) is 10.4. The standard InChI is InChI=1S/C17H29N3O.HI/c1-2-3-12-19-17(18)20-13-7-8-14-21-15-11-16-9-5-4-6-10-16;/h4-6,9-10H,2-3,7-8,11-15H2,1H3,(H3,18,19,20);1H. The molecule has 0 aliphatic rings. The monoisotopic (exact) mass is 419 g/mol. The lowest BCUT2D eigenvalue weighted by atomic mass is 10.2. The summed E-state index contributed by atoms with van der Waals surface area (Å²) >= 11 is 0. The molecule has 22 heavy (non-hydrogen) atoms. The smallest absolute Gasteiger partial charge is 0.188 e. The molecule has 0 fully saturated rings. The first kappa shape index (κ1) is 21.2. The van der Waals surface area contributed by atoms with E-state index < -0.39 is 0 Å². The number of unbranched alkanes of at least 4 members (excludes halogenated alkanes) is 2. The highest BCUT2D eigenvalue weighted by molar-refractivity contribution is 14.0. The first-order chi connectivity index (χ1) is 10.3. The van der Waals surface area contributed by atoms with Gasteiger partial charge in [-0.2, -0.15) is 0 Å². The van der Waals surface area contributed by atoms with Crippen molar-refractivity contribution in [1.82, 2.24) is 5.32 Å². The Bertz CT molecular complexity index is 385. The van der Waals surface area contributed by atoms with E-state index in [4.69, 9.17) is 10.5 Å². The van der Waals surface area contributed by atoms with Crippen LogP contribution in [0.15, 0.2) is 35.3 Å². The molecule has 0 aliphatic heterocycles. The van der Waals surface area contributed by atoms with Gasteiger partial charge in [0.15, 0.2) is 5.96 Å². The summed E-state index contributed by atoms with van der Waals surface area (Å²) in [6.45, 7) is 5.42. The Hall–Kier alpha value is -0.820. The van der Waals surface area contributed by atoms with E-state index in [2.05, 4.69) is 41.5 Å². The van der Waals surface area contributed by atoms with Crippen molar-refractivity contribution in [2.75, 3.05) is 26.3 Å². The van der Waals surface area contributed by atoms with Gasteiger partial charge in [0.05, 0.1) is 6.61 Å². The third kappa shape index (κ3) is 11.8. The number of halogens is 1. The van der Waals surface area contributed by atoms with Crippen LogP contribution >= 0.6 is 24.0 Å². The molecule has 3 N–H and O–H groups in total. The van der Waals surface area contributed by atoms with E-state index in [1.165, 1.54) is 12.0 Å². The van der Waals surface area contributed by atoms with Crippen molar-refractivity contribution in [3.05, 3.63) is 35.9 Å². The van der Waals surface area contributed by atoms with Crippen LogP contribution in [-0.2, 0) is 11.2 Å². The molecule has 0 aromatic heterocycles. The van der Waals surface area contributed by atoms with Crippen LogP contribution < -0.4 is 11.1 Å². The van der Waals surface area contributed by atoms with E-state index in [0.717, 1.165) is 52.0 Å². The maximum absolute atomic E-state index is 5.75. The van der Waals surface area contributed by atoms with Crippen LogP contribution in [0.3, 0.4) is 0 Å². The van der Waals surface area contributed by atoms with E-state index >= 15 is 0 Å². The second-order valence-corrected chi connectivity index (χ2v) is 5.10. The molecule has 0 spiro atoms. The molecule has 1 rings (SSSR count). The molecule has 1 aromatic carbocycles. The van der Waals surface area contributed by atoms with Crippen molar-refractivity contribution in [3.63, 3.8) is 0 Å². The largest absolute Gasteiger partial charge is 0.381 e. The van der Waals surface area contributed by atoms with Crippen LogP contribution in [0, 0.1) is 0 Å². The Morgan fingerprint density at radius 3 is 2.64 bits per heavy atom. The lowest BCUT2D eigenvalue weighted by molar-refractivity contribution is 0.134. The van der Waals surface area contributed by atoms with Gasteiger partial charge in [0.2, 0.25) is 0 Å². The molecule has 0 aliphatic carbocycles. The van der Waals surface area contributed by atoms with Gasteiger partial charge in [-0.05, 0) is 31.2 Å². The van der Waals surface area contributed by atoms with Gasteiger partial charge >= 0.3 is 0 Å². The van der Waals surface area contributed by atoms with Gasteiger partial charge in [0.25, 0.3) is 0 Å². The summed E-state index contributed by atoms with van der Waals surface area (Å²) in [5.41, 5.74) is 7.08. The molecule has 1 aromatic rings. The summed E-state index contributed by atoms with van der Waals surface area (Å²) in [4.78, 5) is 4.29. The predicted octanol–water partition coefficient (Wildman–Crippen LogP) is 3.35. The summed E-state index contributed by atoms with van der Waals surface area (Å²) in [5.74, 6) is 0.563. The minimum Gasteiger partial charge on any atom is -0.381 e. The van der Waals surface area contributed by atoms with E-state index in [1.807, 2.05) is 6.07 Å². The van der Waals surface area contributed by atoms with Crippen LogP contribution in [0.4, 0.5) is 0 Å². The fraction of sp³-hybridized carbons (Fsp3) is 0.588. The highest BCUT2D eigenvalue weighted by Gasteiger charge is 1.94. The number of guanidine groups is 1. The number of nitrogens with two attached hydrogens (primary N) is 1. The number of nitrogens with zero attached hydrogens (tertiary/aromatic N) is 1. The Morgan fingerprint density at radius 2 is 1.91 bits per heavy atom. The fourth-order valence-corrected chi connectivity index (χ4v) is 1.90. The second kappa shape index (κ2) is 15.1. The molecular weight excluding hydrogens is 389 g/mol. The van der Waals surface area contributed by atoms with Gasteiger partial charge in [-0.1, -0.05) is 43.7 Å². The zero-order valence-corrected chi connectivity index (χ0v) is 15.9. The molecule has 0 amide bonds. The number of aliphatic imine (C=N–C) groups is 1. The first-order valence-corrected chi connectivity index (χ1v) is 7.98. The Labute approximate surface area is 151 Å². The van der Waals surface area contributed by atoms with Gasteiger partial charge < -0.3 is 15.8 Å². The molecule has 0 saturated heterocycles. The van der Waals surface area contributed by atoms with Gasteiger partial charge in [-0.25, -0.2) is 0 Å². The average Bonchev–Trinajstić information content (AvgIpc) is 2.51.